The molecule has 0 spiro atoms. The molecular weight excluding hydrogens is 517 g/mol. The monoisotopic (exact) mass is 536 g/mol. The van der Waals surface area contributed by atoms with E-state index in [1.165, 1.54) is 18.3 Å². The maximum absolute atomic E-state index is 12.8. The molecule has 2 heterocycles. The molecule has 36 heavy (non-hydrogen) atoms. The van der Waals surface area contributed by atoms with E-state index in [1.54, 1.807) is 41.7 Å². The first-order valence-corrected chi connectivity index (χ1v) is 12.5. The van der Waals surface area contributed by atoms with E-state index >= 15 is 0 Å². The topological polar surface area (TPSA) is 82.6 Å². The first kappa shape index (κ1) is 25.5. The molecule has 188 valence electrons. The highest BCUT2D eigenvalue weighted by Crippen LogP contribution is 2.31. The number of benzene rings is 2. The number of amides is 1. The van der Waals surface area contributed by atoms with Crippen LogP contribution >= 0.6 is 11.6 Å². The van der Waals surface area contributed by atoms with Crippen LogP contribution in [-0.2, 0) is 22.9 Å². The van der Waals surface area contributed by atoms with Crippen LogP contribution in [0.4, 0.5) is 18.9 Å². The summed E-state index contributed by atoms with van der Waals surface area (Å²) in [5.41, 5.74) is -2.80. The summed E-state index contributed by atoms with van der Waals surface area (Å²) in [6, 6.07) is 13.4. The normalized spacial score (nSPS) is 13.8. The Bertz CT molecular complexity index is 1380. The van der Waals surface area contributed by atoms with Crippen molar-refractivity contribution in [3.8, 4) is 0 Å². The van der Waals surface area contributed by atoms with E-state index in [4.69, 9.17) is 11.6 Å². The van der Waals surface area contributed by atoms with Gasteiger partial charge >= 0.3 is 5.51 Å². The summed E-state index contributed by atoms with van der Waals surface area (Å²) in [6.45, 7) is 1.04. The van der Waals surface area contributed by atoms with Crippen molar-refractivity contribution >= 4 is 33.0 Å². The number of sulfone groups is 1. The van der Waals surface area contributed by atoms with Gasteiger partial charge in [-0.15, -0.1) is 0 Å². The Labute approximate surface area is 210 Å². The van der Waals surface area contributed by atoms with Crippen LogP contribution in [-0.4, -0.2) is 36.4 Å². The summed E-state index contributed by atoms with van der Waals surface area (Å²) in [7, 11) is -5.40. The molecule has 0 radical (unpaired) electrons. The van der Waals surface area contributed by atoms with Crippen LogP contribution in [0.3, 0.4) is 0 Å². The lowest BCUT2D eigenvalue weighted by molar-refractivity contribution is -0.0436. The van der Waals surface area contributed by atoms with Crippen molar-refractivity contribution in [3.05, 3.63) is 101 Å². The lowest BCUT2D eigenvalue weighted by atomic mass is 10.1. The molecule has 12 heteroatoms. The molecule has 0 fully saturated rings. The molecule has 0 bridgehead atoms. The van der Waals surface area contributed by atoms with Gasteiger partial charge in [0.05, 0.1) is 17.1 Å². The first-order chi connectivity index (χ1) is 17.0. The molecule has 3 aromatic rings. The van der Waals surface area contributed by atoms with Gasteiger partial charge in [-0.2, -0.15) is 13.2 Å². The standard InChI is InChI=1S/C24H20ClF3N4O3S/c25-19-3-1-17(2-4-19)13-30-23(33)22-14-29-10-9-18(22)15-31-11-12-32(16-31)20-5-7-21(8-6-20)36(34,35)24(26,27)28/h1-12,14H,13,15-16H2,(H,30,33). The van der Waals surface area contributed by atoms with Gasteiger partial charge < -0.3 is 15.1 Å². The number of carbonyl (C=O) groups excluding carboxylic acids is 1. The van der Waals surface area contributed by atoms with Crippen molar-refractivity contribution in [1.82, 2.24) is 15.2 Å². The van der Waals surface area contributed by atoms with E-state index in [1.807, 2.05) is 17.0 Å². The zero-order valence-electron chi connectivity index (χ0n) is 18.6. The Morgan fingerprint density at radius 2 is 1.72 bits per heavy atom. The Kier molecular flexibility index (Phi) is 7.23. The Morgan fingerprint density at radius 3 is 2.39 bits per heavy atom. The van der Waals surface area contributed by atoms with Gasteiger partial charge in [0.1, 0.15) is 0 Å². The Morgan fingerprint density at radius 1 is 1.03 bits per heavy atom. The predicted octanol–water partition coefficient (Wildman–Crippen LogP) is 4.71. The molecule has 1 N–H and O–H groups in total. The number of nitrogens with one attached hydrogen (secondary N) is 1. The third-order valence-electron chi connectivity index (χ3n) is 5.47. The minimum Gasteiger partial charge on any atom is -0.354 e. The number of rotatable bonds is 7. The van der Waals surface area contributed by atoms with Gasteiger partial charge in [0.2, 0.25) is 0 Å². The van der Waals surface area contributed by atoms with Gasteiger partial charge in [-0.3, -0.25) is 9.78 Å². The van der Waals surface area contributed by atoms with Crippen LogP contribution in [0.15, 0.2) is 84.3 Å². The quantitative estimate of drug-likeness (QED) is 0.471. The van der Waals surface area contributed by atoms with E-state index in [2.05, 4.69) is 10.3 Å². The number of hydrogen-bond acceptors (Lipinski definition) is 6. The highest BCUT2D eigenvalue weighted by molar-refractivity contribution is 7.92. The van der Waals surface area contributed by atoms with Gasteiger partial charge in [0.15, 0.2) is 0 Å². The lowest BCUT2D eigenvalue weighted by Gasteiger charge is -2.22. The smallest absolute Gasteiger partial charge is 0.354 e. The maximum atomic E-state index is 12.8. The van der Waals surface area contributed by atoms with Gasteiger partial charge in [-0.05, 0) is 53.6 Å². The van der Waals surface area contributed by atoms with Gasteiger partial charge in [-0.1, -0.05) is 23.7 Å². The highest BCUT2D eigenvalue weighted by Gasteiger charge is 2.46. The van der Waals surface area contributed by atoms with Crippen molar-refractivity contribution in [2.24, 2.45) is 0 Å². The van der Waals surface area contributed by atoms with Crippen molar-refractivity contribution in [2.75, 3.05) is 11.6 Å². The second kappa shape index (κ2) is 10.2. The fourth-order valence-electron chi connectivity index (χ4n) is 3.55. The average Bonchev–Trinajstić information content (AvgIpc) is 3.32. The van der Waals surface area contributed by atoms with Gasteiger partial charge in [0.25, 0.3) is 15.7 Å². The fraction of sp³-hybridized carbons (Fsp3) is 0.167. The van der Waals surface area contributed by atoms with E-state index < -0.39 is 20.2 Å². The third kappa shape index (κ3) is 5.63. The number of halogens is 4. The van der Waals surface area contributed by atoms with Crippen LogP contribution in [0.2, 0.25) is 5.02 Å². The third-order valence-corrected chi connectivity index (χ3v) is 7.22. The highest BCUT2D eigenvalue weighted by atomic mass is 35.5. The van der Waals surface area contributed by atoms with Crippen LogP contribution in [0, 0.1) is 0 Å². The predicted molar refractivity (Wildman–Crippen MR) is 129 cm³/mol. The lowest BCUT2D eigenvalue weighted by Crippen LogP contribution is -2.28. The number of aromatic nitrogens is 1. The van der Waals surface area contributed by atoms with E-state index in [0.29, 0.717) is 36.0 Å². The summed E-state index contributed by atoms with van der Waals surface area (Å²) < 4.78 is 61.4. The molecule has 0 aliphatic carbocycles. The summed E-state index contributed by atoms with van der Waals surface area (Å²) in [5.74, 6) is -0.283. The molecule has 1 aliphatic rings. The molecule has 1 aliphatic heterocycles. The molecular formula is C24H20ClF3N4O3S. The molecule has 0 saturated heterocycles. The fourth-order valence-corrected chi connectivity index (χ4v) is 4.44. The molecule has 1 amide bonds. The van der Waals surface area contributed by atoms with E-state index in [-0.39, 0.29) is 5.91 Å². The van der Waals surface area contributed by atoms with E-state index in [9.17, 15) is 26.4 Å². The summed E-state index contributed by atoms with van der Waals surface area (Å²) in [4.78, 5) is 19.7. The van der Waals surface area contributed by atoms with Crippen LogP contribution in [0.1, 0.15) is 21.5 Å². The number of alkyl halides is 3. The number of carbonyl (C=O) groups is 1. The van der Waals surface area contributed by atoms with Crippen LogP contribution in [0.25, 0.3) is 0 Å². The summed E-state index contributed by atoms with van der Waals surface area (Å²) in [6.07, 6.45) is 6.57. The average molecular weight is 537 g/mol. The Hall–Kier alpha value is -3.57. The Balaban J connectivity index is 1.39. The minimum absolute atomic E-state index is 0.283. The molecule has 0 saturated carbocycles. The van der Waals surface area contributed by atoms with Crippen LogP contribution in [0.5, 0.6) is 0 Å². The van der Waals surface area contributed by atoms with E-state index in [0.717, 1.165) is 23.3 Å². The number of nitrogens with zero attached hydrogens (tertiary/aromatic N) is 3. The zero-order valence-corrected chi connectivity index (χ0v) is 20.2. The molecule has 7 nitrogen and oxygen atoms in total. The first-order valence-electron chi connectivity index (χ1n) is 10.6. The molecule has 0 atom stereocenters. The maximum Gasteiger partial charge on any atom is 0.501 e. The number of pyridine rings is 1. The summed E-state index contributed by atoms with van der Waals surface area (Å²) in [5, 5.41) is 3.47. The molecule has 2 aromatic carbocycles. The minimum atomic E-state index is -5.40. The second-order valence-electron chi connectivity index (χ2n) is 7.94. The molecule has 4 rings (SSSR count). The van der Waals surface area contributed by atoms with Crippen LogP contribution < -0.4 is 10.2 Å². The van der Waals surface area contributed by atoms with Crippen molar-refractivity contribution in [2.45, 2.75) is 23.5 Å². The van der Waals surface area contributed by atoms with Crippen molar-refractivity contribution < 1.29 is 26.4 Å². The van der Waals surface area contributed by atoms with Gasteiger partial charge in [0, 0.05) is 48.6 Å². The molecule has 1 aromatic heterocycles. The van der Waals surface area contributed by atoms with Crippen molar-refractivity contribution in [1.29, 1.82) is 0 Å². The van der Waals surface area contributed by atoms with Gasteiger partial charge in [-0.25, -0.2) is 8.42 Å². The molecule has 0 unspecified atom stereocenters. The zero-order chi connectivity index (χ0) is 25.9. The summed E-state index contributed by atoms with van der Waals surface area (Å²) >= 11 is 5.89. The number of anilines is 1. The SMILES string of the molecule is O=C(NCc1ccc(Cl)cc1)c1cnccc1CN1C=CN(c2ccc(S(=O)(=O)C(F)(F)F)cc2)C1. The second-order valence-corrected chi connectivity index (χ2v) is 10.3. The number of hydrogen-bond donors (Lipinski definition) is 1. The largest absolute Gasteiger partial charge is 0.501 e. The van der Waals surface area contributed by atoms with Crippen molar-refractivity contribution in [3.63, 3.8) is 0 Å².